The second-order valence-electron chi connectivity index (χ2n) is 7.03. The Bertz CT molecular complexity index is 644. The van der Waals surface area contributed by atoms with Gasteiger partial charge in [-0.2, -0.15) is 8.78 Å². The van der Waals surface area contributed by atoms with Crippen molar-refractivity contribution in [1.29, 1.82) is 0 Å². The van der Waals surface area contributed by atoms with E-state index in [4.69, 9.17) is 4.74 Å². The molecule has 3 rings (SSSR count). The molecule has 1 aromatic rings. The summed E-state index contributed by atoms with van der Waals surface area (Å²) in [7, 11) is 0. The molecule has 0 aliphatic carbocycles. The van der Waals surface area contributed by atoms with Gasteiger partial charge in [-0.25, -0.2) is 4.39 Å². The number of alkyl halides is 3. The second kappa shape index (κ2) is 12.7. The van der Waals surface area contributed by atoms with Gasteiger partial charge in [-0.3, -0.25) is 0 Å². The molecule has 0 aromatic carbocycles. The first-order valence-electron chi connectivity index (χ1n) is 11.4. The molecule has 1 saturated heterocycles. The summed E-state index contributed by atoms with van der Waals surface area (Å²) in [4.78, 5) is 2.93. The zero-order chi connectivity index (χ0) is 23.7. The number of rotatable bonds is 3. The molecule has 176 valence electrons. The van der Waals surface area contributed by atoms with Gasteiger partial charge in [-0.15, -0.1) is 11.3 Å². The van der Waals surface area contributed by atoms with Gasteiger partial charge in [-0.05, 0) is 45.2 Å². The quantitative estimate of drug-likeness (QED) is 0.463. The van der Waals surface area contributed by atoms with Crippen LogP contribution in [0.2, 0.25) is 0 Å². The minimum atomic E-state index is -3.44. The van der Waals surface area contributed by atoms with Gasteiger partial charge in [0.25, 0.3) is 0 Å². The Kier molecular flexibility index (Phi) is 12.3. The van der Waals surface area contributed by atoms with Crippen molar-refractivity contribution in [2.45, 2.75) is 105 Å². The van der Waals surface area contributed by atoms with Crippen molar-refractivity contribution in [3.8, 4) is 0 Å². The third kappa shape index (κ3) is 6.03. The van der Waals surface area contributed by atoms with E-state index in [2.05, 4.69) is 18.4 Å². The van der Waals surface area contributed by atoms with Crippen LogP contribution in [-0.2, 0) is 22.7 Å². The number of hydrogen-bond donors (Lipinski definition) is 0. The number of hydrogen-bond acceptors (Lipinski definition) is 3. The van der Waals surface area contributed by atoms with Crippen molar-refractivity contribution in [3.63, 3.8) is 0 Å². The topological polar surface area (TPSA) is 12.5 Å². The highest BCUT2D eigenvalue weighted by Gasteiger charge is 2.48. The summed E-state index contributed by atoms with van der Waals surface area (Å²) in [6.07, 6.45) is -0.0981. The van der Waals surface area contributed by atoms with Crippen molar-refractivity contribution in [2.24, 2.45) is 0 Å². The molecule has 30 heavy (non-hydrogen) atoms. The fraction of sp³-hybridized carbons (Fsp3) is 0.750. The molecular weight excluding hydrogens is 407 g/mol. The van der Waals surface area contributed by atoms with Gasteiger partial charge >= 0.3 is 5.92 Å². The Balaban J connectivity index is 0.00000129. The Morgan fingerprint density at radius 2 is 1.83 bits per heavy atom. The Hall–Kier alpha value is -1.01. The molecular formula is C24H42F3NOS. The summed E-state index contributed by atoms with van der Waals surface area (Å²) in [6, 6.07) is 1.73. The largest absolute Gasteiger partial charge is 0.373 e. The lowest BCUT2D eigenvalue weighted by molar-refractivity contribution is -0.103. The molecule has 2 aliphatic heterocycles. The first-order chi connectivity index (χ1) is 14.2. The maximum atomic E-state index is 14.1. The predicted molar refractivity (Wildman–Crippen MR) is 124 cm³/mol. The highest BCUT2D eigenvalue weighted by Crippen LogP contribution is 2.50. The molecule has 6 heteroatoms. The Labute approximate surface area is 186 Å². The van der Waals surface area contributed by atoms with Gasteiger partial charge < -0.3 is 9.64 Å². The summed E-state index contributed by atoms with van der Waals surface area (Å²) in [6.45, 7) is 22.3. The molecule has 2 nitrogen and oxygen atoms in total. The SMILES string of the molecule is C=C(C)N1CC[C@]2(C[C@@H]1C)OCCc1cc(C(F)(F)C(C)F)sc12.CC.CC.CC. The minimum absolute atomic E-state index is 0.178. The van der Waals surface area contributed by atoms with Crippen molar-refractivity contribution < 1.29 is 17.9 Å². The average Bonchev–Trinajstić information content (AvgIpc) is 3.19. The summed E-state index contributed by atoms with van der Waals surface area (Å²) in [5, 5.41) is 0. The van der Waals surface area contributed by atoms with Gasteiger partial charge in [0, 0.05) is 29.6 Å². The van der Waals surface area contributed by atoms with Crippen molar-refractivity contribution in [3.05, 3.63) is 33.7 Å². The Morgan fingerprint density at radius 1 is 1.27 bits per heavy atom. The van der Waals surface area contributed by atoms with E-state index in [1.165, 1.54) is 6.07 Å². The molecule has 0 saturated carbocycles. The number of halogens is 3. The first-order valence-corrected chi connectivity index (χ1v) is 12.2. The molecule has 1 spiro atoms. The number of fused-ring (bicyclic) bond motifs is 2. The van der Waals surface area contributed by atoms with E-state index < -0.39 is 17.7 Å². The minimum Gasteiger partial charge on any atom is -0.373 e. The summed E-state index contributed by atoms with van der Waals surface area (Å²) < 4.78 is 47.8. The fourth-order valence-electron chi connectivity index (χ4n) is 3.90. The standard InChI is InChI=1S/C18H24F3NOS.3C2H6/c1-11(2)22-7-6-17(10-12(22)3)16-14(5-8-23-17)9-15(24-16)18(20,21)13(4)19;3*1-2/h9,12-13H,1,5-8,10H2,2-4H3;3*1-2H3/t12-,13?,17+;;;/m0.../s1. The van der Waals surface area contributed by atoms with E-state index in [0.717, 1.165) is 53.8 Å². The molecule has 0 bridgehead atoms. The number of likely N-dealkylation sites (tertiary alicyclic amines) is 1. The van der Waals surface area contributed by atoms with Crippen molar-refractivity contribution in [1.82, 2.24) is 4.90 Å². The van der Waals surface area contributed by atoms with E-state index in [-0.39, 0.29) is 10.9 Å². The number of piperidine rings is 1. The average molecular weight is 450 g/mol. The smallest absolute Gasteiger partial charge is 0.312 e. The summed E-state index contributed by atoms with van der Waals surface area (Å²) in [5.74, 6) is -3.44. The molecule has 1 aromatic heterocycles. The van der Waals surface area contributed by atoms with Crippen LogP contribution >= 0.6 is 11.3 Å². The van der Waals surface area contributed by atoms with Crippen LogP contribution in [-0.4, -0.2) is 30.3 Å². The lowest BCUT2D eigenvalue weighted by Gasteiger charge is -2.48. The van der Waals surface area contributed by atoms with Crippen LogP contribution in [0.3, 0.4) is 0 Å². The number of thiophene rings is 1. The number of nitrogens with zero attached hydrogens (tertiary/aromatic N) is 1. The summed E-state index contributed by atoms with van der Waals surface area (Å²) in [5.41, 5.74) is 1.40. The number of allylic oxidation sites excluding steroid dienone is 1. The van der Waals surface area contributed by atoms with Crippen LogP contribution in [0.4, 0.5) is 13.2 Å². The van der Waals surface area contributed by atoms with Crippen LogP contribution in [0.5, 0.6) is 0 Å². The maximum absolute atomic E-state index is 14.1. The molecule has 0 radical (unpaired) electrons. The van der Waals surface area contributed by atoms with Crippen LogP contribution in [0.25, 0.3) is 0 Å². The maximum Gasteiger partial charge on any atom is 0.312 e. The van der Waals surface area contributed by atoms with Crippen molar-refractivity contribution in [2.75, 3.05) is 13.2 Å². The lowest BCUT2D eigenvalue weighted by atomic mass is 9.82. The predicted octanol–water partition coefficient (Wildman–Crippen LogP) is 8.06. The molecule has 2 aliphatic rings. The van der Waals surface area contributed by atoms with Gasteiger partial charge in [0.15, 0.2) is 6.17 Å². The van der Waals surface area contributed by atoms with Crippen LogP contribution in [0.1, 0.15) is 90.5 Å². The van der Waals surface area contributed by atoms with Gasteiger partial charge in [-0.1, -0.05) is 48.1 Å². The second-order valence-corrected chi connectivity index (χ2v) is 8.08. The lowest BCUT2D eigenvalue weighted by Crippen LogP contribution is -2.49. The zero-order valence-corrected chi connectivity index (χ0v) is 21.2. The van der Waals surface area contributed by atoms with Gasteiger partial charge in [0.2, 0.25) is 0 Å². The normalized spacial score (nSPS) is 23.6. The molecule has 1 unspecified atom stereocenters. The van der Waals surface area contributed by atoms with E-state index in [0.29, 0.717) is 13.0 Å². The molecule has 3 heterocycles. The third-order valence-corrected chi connectivity index (χ3v) is 6.65. The molecule has 0 N–H and O–H groups in total. The third-order valence-electron chi connectivity index (χ3n) is 5.20. The number of ether oxygens (including phenoxy) is 1. The summed E-state index contributed by atoms with van der Waals surface area (Å²) >= 11 is 1.03. The zero-order valence-electron chi connectivity index (χ0n) is 20.4. The van der Waals surface area contributed by atoms with Crippen LogP contribution in [0, 0.1) is 0 Å². The highest BCUT2D eigenvalue weighted by atomic mass is 32.1. The molecule has 0 amide bonds. The van der Waals surface area contributed by atoms with E-state index >= 15 is 0 Å². The van der Waals surface area contributed by atoms with Gasteiger partial charge in [0.05, 0.1) is 11.5 Å². The van der Waals surface area contributed by atoms with Crippen LogP contribution < -0.4 is 0 Å². The van der Waals surface area contributed by atoms with E-state index in [1.807, 2.05) is 48.5 Å². The Morgan fingerprint density at radius 3 is 2.30 bits per heavy atom. The fourth-order valence-corrected chi connectivity index (χ4v) is 5.34. The first kappa shape index (κ1) is 29.0. The van der Waals surface area contributed by atoms with Crippen molar-refractivity contribution >= 4 is 11.3 Å². The van der Waals surface area contributed by atoms with E-state index in [1.54, 1.807) is 0 Å². The molecule has 1 fully saturated rings. The van der Waals surface area contributed by atoms with Crippen LogP contribution in [0.15, 0.2) is 18.3 Å². The van der Waals surface area contributed by atoms with Gasteiger partial charge in [0.1, 0.15) is 5.60 Å². The van der Waals surface area contributed by atoms with E-state index in [9.17, 15) is 13.2 Å². The highest BCUT2D eigenvalue weighted by molar-refractivity contribution is 7.12. The molecule has 3 atom stereocenters. The monoisotopic (exact) mass is 449 g/mol.